The third kappa shape index (κ3) is 3.24. The number of rotatable bonds is 3. The molecule has 0 spiro atoms. The van der Waals surface area contributed by atoms with E-state index in [0.29, 0.717) is 45.0 Å². The molecule has 0 aliphatic carbocycles. The summed E-state index contributed by atoms with van der Waals surface area (Å²) in [6.45, 7) is 2.22. The number of benzene rings is 1. The summed E-state index contributed by atoms with van der Waals surface area (Å²) in [5.74, 6) is -0.170. The predicted molar refractivity (Wildman–Crippen MR) is 76.7 cm³/mol. The molecule has 3 rings (SSSR count). The molecule has 0 aromatic heterocycles. The number of amides is 1. The molecule has 2 aliphatic heterocycles. The number of nitrogens with two attached hydrogens (primary N) is 1. The summed E-state index contributed by atoms with van der Waals surface area (Å²) in [6.07, 6.45) is 0.720. The molecule has 0 radical (unpaired) electrons. The number of nitrogens with one attached hydrogen (secondary N) is 1. The fourth-order valence-electron chi connectivity index (χ4n) is 2.53. The molecule has 6 nitrogen and oxygen atoms in total. The van der Waals surface area contributed by atoms with Gasteiger partial charge in [-0.2, -0.15) is 0 Å². The van der Waals surface area contributed by atoms with E-state index < -0.39 is 5.54 Å². The van der Waals surface area contributed by atoms with Gasteiger partial charge in [0.1, 0.15) is 5.54 Å². The van der Waals surface area contributed by atoms with Crippen molar-refractivity contribution in [3.05, 3.63) is 29.8 Å². The molecule has 21 heavy (non-hydrogen) atoms. The molecular weight excluding hydrogens is 272 g/mol. The van der Waals surface area contributed by atoms with Gasteiger partial charge >= 0.3 is 0 Å². The summed E-state index contributed by atoms with van der Waals surface area (Å²) in [5.41, 5.74) is 6.91. The smallest absolute Gasteiger partial charge is 0.244 e. The Hall–Kier alpha value is -1.47. The van der Waals surface area contributed by atoms with Crippen LogP contribution in [-0.4, -0.2) is 37.9 Å². The van der Waals surface area contributed by atoms with Crippen molar-refractivity contribution >= 4 is 11.6 Å². The first-order chi connectivity index (χ1) is 10.2. The maximum absolute atomic E-state index is 12.4. The minimum atomic E-state index is -0.853. The van der Waals surface area contributed by atoms with Gasteiger partial charge in [0, 0.05) is 24.5 Å². The van der Waals surface area contributed by atoms with Gasteiger partial charge < -0.3 is 25.3 Å². The quantitative estimate of drug-likeness (QED) is 0.874. The van der Waals surface area contributed by atoms with E-state index in [1.807, 2.05) is 24.3 Å². The Morgan fingerprint density at radius 2 is 1.90 bits per heavy atom. The van der Waals surface area contributed by atoms with Crippen molar-refractivity contribution in [2.75, 3.05) is 31.7 Å². The molecule has 2 fully saturated rings. The minimum absolute atomic E-state index is 0.170. The first-order valence-electron chi connectivity index (χ1n) is 7.19. The Morgan fingerprint density at radius 3 is 2.62 bits per heavy atom. The Balaban J connectivity index is 1.69. The van der Waals surface area contributed by atoms with Gasteiger partial charge in [0.05, 0.1) is 13.2 Å². The van der Waals surface area contributed by atoms with E-state index in [9.17, 15) is 4.79 Å². The average Bonchev–Trinajstić information content (AvgIpc) is 3.02. The molecule has 1 amide bonds. The van der Waals surface area contributed by atoms with Crippen LogP contribution < -0.4 is 11.1 Å². The Morgan fingerprint density at radius 1 is 1.19 bits per heavy atom. The van der Waals surface area contributed by atoms with E-state index in [0.717, 1.165) is 5.56 Å². The van der Waals surface area contributed by atoms with E-state index >= 15 is 0 Å². The molecule has 0 unspecified atom stereocenters. The van der Waals surface area contributed by atoms with Crippen LogP contribution in [0.2, 0.25) is 0 Å². The highest BCUT2D eigenvalue weighted by atomic mass is 16.7. The fourth-order valence-corrected chi connectivity index (χ4v) is 2.53. The van der Waals surface area contributed by atoms with E-state index in [1.165, 1.54) is 0 Å². The second-order valence-electron chi connectivity index (χ2n) is 5.42. The van der Waals surface area contributed by atoms with Gasteiger partial charge in [0.25, 0.3) is 0 Å². The molecule has 3 N–H and O–H groups in total. The first kappa shape index (κ1) is 14.5. The van der Waals surface area contributed by atoms with Crippen molar-refractivity contribution in [3.63, 3.8) is 0 Å². The SMILES string of the molecule is NC1(C(=O)Nc2cccc(C3OCCO3)c2)CCOCC1. The number of ether oxygens (including phenoxy) is 3. The molecular formula is C15H20N2O4. The summed E-state index contributed by atoms with van der Waals surface area (Å²) >= 11 is 0. The summed E-state index contributed by atoms with van der Waals surface area (Å²) in [4.78, 5) is 12.4. The molecule has 0 atom stereocenters. The van der Waals surface area contributed by atoms with E-state index in [-0.39, 0.29) is 12.2 Å². The van der Waals surface area contributed by atoms with Crippen LogP contribution in [0, 0.1) is 0 Å². The number of carbonyl (C=O) groups excluding carboxylic acids is 1. The van der Waals surface area contributed by atoms with Crippen molar-refractivity contribution in [2.24, 2.45) is 5.73 Å². The van der Waals surface area contributed by atoms with Gasteiger partial charge in [-0.15, -0.1) is 0 Å². The van der Waals surface area contributed by atoms with Crippen molar-refractivity contribution in [2.45, 2.75) is 24.7 Å². The molecule has 6 heteroatoms. The molecule has 2 heterocycles. The maximum Gasteiger partial charge on any atom is 0.244 e. The van der Waals surface area contributed by atoms with Crippen molar-refractivity contribution in [1.82, 2.24) is 0 Å². The van der Waals surface area contributed by atoms with Crippen LogP contribution in [0.1, 0.15) is 24.7 Å². The molecule has 2 aliphatic rings. The molecule has 114 valence electrons. The fraction of sp³-hybridized carbons (Fsp3) is 0.533. The van der Waals surface area contributed by atoms with Crippen LogP contribution >= 0.6 is 0 Å². The van der Waals surface area contributed by atoms with Gasteiger partial charge in [0.15, 0.2) is 6.29 Å². The van der Waals surface area contributed by atoms with Crippen LogP contribution in [0.3, 0.4) is 0 Å². The summed E-state index contributed by atoms with van der Waals surface area (Å²) < 4.78 is 16.2. The van der Waals surface area contributed by atoms with Crippen LogP contribution in [0.15, 0.2) is 24.3 Å². The van der Waals surface area contributed by atoms with Gasteiger partial charge in [-0.3, -0.25) is 4.79 Å². The lowest BCUT2D eigenvalue weighted by Gasteiger charge is -2.31. The lowest BCUT2D eigenvalue weighted by molar-refractivity contribution is -0.124. The topological polar surface area (TPSA) is 82.8 Å². The van der Waals surface area contributed by atoms with Crippen molar-refractivity contribution in [1.29, 1.82) is 0 Å². The van der Waals surface area contributed by atoms with Crippen LogP contribution in [0.4, 0.5) is 5.69 Å². The van der Waals surface area contributed by atoms with Crippen LogP contribution in [0.25, 0.3) is 0 Å². The van der Waals surface area contributed by atoms with Crippen molar-refractivity contribution in [3.8, 4) is 0 Å². The first-order valence-corrected chi connectivity index (χ1v) is 7.19. The van der Waals surface area contributed by atoms with E-state index in [1.54, 1.807) is 0 Å². The average molecular weight is 292 g/mol. The summed E-state index contributed by atoms with van der Waals surface area (Å²) in [5, 5.41) is 2.89. The third-order valence-corrected chi connectivity index (χ3v) is 3.88. The predicted octanol–water partition coefficient (Wildman–Crippen LogP) is 1.18. The molecule has 2 saturated heterocycles. The lowest BCUT2D eigenvalue weighted by atomic mass is 9.90. The van der Waals surface area contributed by atoms with Gasteiger partial charge in [-0.1, -0.05) is 12.1 Å². The van der Waals surface area contributed by atoms with Gasteiger partial charge in [0.2, 0.25) is 5.91 Å². The number of hydrogen-bond donors (Lipinski definition) is 2. The highest BCUT2D eigenvalue weighted by molar-refractivity contribution is 5.98. The molecule has 1 aromatic rings. The largest absolute Gasteiger partial charge is 0.381 e. The molecule has 1 aromatic carbocycles. The molecule has 0 bridgehead atoms. The van der Waals surface area contributed by atoms with Crippen LogP contribution in [-0.2, 0) is 19.0 Å². The third-order valence-electron chi connectivity index (χ3n) is 3.88. The Bertz CT molecular complexity index is 508. The molecule has 0 saturated carbocycles. The van der Waals surface area contributed by atoms with Crippen molar-refractivity contribution < 1.29 is 19.0 Å². The monoisotopic (exact) mass is 292 g/mol. The van der Waals surface area contributed by atoms with Gasteiger partial charge in [-0.05, 0) is 25.0 Å². The summed E-state index contributed by atoms with van der Waals surface area (Å²) in [6, 6.07) is 7.47. The summed E-state index contributed by atoms with van der Waals surface area (Å²) in [7, 11) is 0. The minimum Gasteiger partial charge on any atom is -0.381 e. The zero-order valence-electron chi connectivity index (χ0n) is 11.8. The number of anilines is 1. The van der Waals surface area contributed by atoms with Gasteiger partial charge in [-0.25, -0.2) is 0 Å². The highest BCUT2D eigenvalue weighted by Crippen LogP contribution is 2.26. The highest BCUT2D eigenvalue weighted by Gasteiger charge is 2.36. The number of carbonyl (C=O) groups is 1. The normalized spacial score (nSPS) is 22.1. The zero-order chi connectivity index (χ0) is 14.7. The van der Waals surface area contributed by atoms with Crippen LogP contribution in [0.5, 0.6) is 0 Å². The Labute approximate surface area is 123 Å². The Kier molecular flexibility index (Phi) is 4.21. The second-order valence-corrected chi connectivity index (χ2v) is 5.42. The number of hydrogen-bond acceptors (Lipinski definition) is 5. The zero-order valence-corrected chi connectivity index (χ0v) is 11.8. The lowest BCUT2D eigenvalue weighted by Crippen LogP contribution is -2.54. The maximum atomic E-state index is 12.4. The standard InChI is InChI=1S/C15H20N2O4/c16-15(4-6-19-7-5-15)14(18)17-12-3-1-2-11(10-12)13-20-8-9-21-13/h1-3,10,13H,4-9,16H2,(H,17,18). The van der Waals surface area contributed by atoms with E-state index in [4.69, 9.17) is 19.9 Å². The second kappa shape index (κ2) is 6.11. The van der Waals surface area contributed by atoms with E-state index in [2.05, 4.69) is 5.32 Å².